The lowest BCUT2D eigenvalue weighted by Gasteiger charge is -2.14. The van der Waals surface area contributed by atoms with E-state index >= 15 is 0 Å². The van der Waals surface area contributed by atoms with Gasteiger partial charge in [0.05, 0.1) is 0 Å². The first kappa shape index (κ1) is 13.5. The molecule has 0 saturated carbocycles. The summed E-state index contributed by atoms with van der Waals surface area (Å²) in [6.07, 6.45) is 0. The second-order valence-corrected chi connectivity index (χ2v) is 4.70. The van der Waals surface area contributed by atoms with E-state index < -0.39 is 0 Å². The van der Waals surface area contributed by atoms with Crippen molar-refractivity contribution in [1.82, 2.24) is 15.6 Å². The van der Waals surface area contributed by atoms with Gasteiger partial charge in [0.25, 0.3) is 0 Å². The largest absolute Gasteiger partial charge is 0.492 e. The van der Waals surface area contributed by atoms with Crippen LogP contribution in [0, 0.1) is 13.8 Å². The first-order valence-electron chi connectivity index (χ1n) is 6.36. The van der Waals surface area contributed by atoms with E-state index in [1.54, 1.807) is 0 Å². The van der Waals surface area contributed by atoms with Crippen LogP contribution in [0.3, 0.4) is 0 Å². The SMILES string of the molecule is Cc1ccc(OCC(C)NCc2nonc2C)cc1. The summed E-state index contributed by atoms with van der Waals surface area (Å²) in [5.41, 5.74) is 2.88. The van der Waals surface area contributed by atoms with Crippen LogP contribution in [0.2, 0.25) is 0 Å². The van der Waals surface area contributed by atoms with Gasteiger partial charge in [-0.1, -0.05) is 28.0 Å². The summed E-state index contributed by atoms with van der Waals surface area (Å²) in [5.74, 6) is 0.888. The summed E-state index contributed by atoms with van der Waals surface area (Å²) in [4.78, 5) is 0. The van der Waals surface area contributed by atoms with Gasteiger partial charge in [-0.15, -0.1) is 0 Å². The number of nitrogens with one attached hydrogen (secondary N) is 1. The predicted octanol–water partition coefficient (Wildman–Crippen LogP) is 2.24. The molecule has 0 amide bonds. The second kappa shape index (κ2) is 6.33. The van der Waals surface area contributed by atoms with E-state index in [9.17, 15) is 0 Å². The van der Waals surface area contributed by atoms with Crippen molar-refractivity contribution in [3.63, 3.8) is 0 Å². The molecule has 0 aliphatic heterocycles. The topological polar surface area (TPSA) is 60.2 Å². The zero-order valence-electron chi connectivity index (χ0n) is 11.5. The van der Waals surface area contributed by atoms with Crippen LogP contribution in [0.4, 0.5) is 0 Å². The van der Waals surface area contributed by atoms with Gasteiger partial charge in [0.1, 0.15) is 23.7 Å². The maximum absolute atomic E-state index is 5.70. The molecule has 2 rings (SSSR count). The van der Waals surface area contributed by atoms with Crippen LogP contribution in [0.25, 0.3) is 0 Å². The second-order valence-electron chi connectivity index (χ2n) is 4.70. The third-order valence-electron chi connectivity index (χ3n) is 2.89. The van der Waals surface area contributed by atoms with E-state index in [-0.39, 0.29) is 6.04 Å². The predicted molar refractivity (Wildman–Crippen MR) is 72.0 cm³/mol. The van der Waals surface area contributed by atoms with E-state index in [0.29, 0.717) is 13.2 Å². The molecule has 0 fully saturated rings. The highest BCUT2D eigenvalue weighted by atomic mass is 16.6. The Hall–Kier alpha value is -1.88. The van der Waals surface area contributed by atoms with Gasteiger partial charge in [-0.25, -0.2) is 4.63 Å². The fraction of sp³-hybridized carbons (Fsp3) is 0.429. The van der Waals surface area contributed by atoms with Crippen LogP contribution in [0.5, 0.6) is 5.75 Å². The Labute approximate surface area is 112 Å². The lowest BCUT2D eigenvalue weighted by Crippen LogP contribution is -2.31. The Morgan fingerprint density at radius 3 is 2.58 bits per heavy atom. The van der Waals surface area contributed by atoms with Gasteiger partial charge >= 0.3 is 0 Å². The van der Waals surface area contributed by atoms with Crippen molar-refractivity contribution in [2.24, 2.45) is 0 Å². The number of nitrogens with zero attached hydrogens (tertiary/aromatic N) is 2. The molecule has 1 aromatic heterocycles. The maximum atomic E-state index is 5.70. The van der Waals surface area contributed by atoms with Crippen LogP contribution >= 0.6 is 0 Å². The number of benzene rings is 1. The average Bonchev–Trinajstić information content (AvgIpc) is 2.81. The molecule has 0 radical (unpaired) electrons. The fourth-order valence-corrected chi connectivity index (χ4v) is 1.60. The van der Waals surface area contributed by atoms with Gasteiger partial charge in [0.15, 0.2) is 0 Å². The lowest BCUT2D eigenvalue weighted by atomic mass is 10.2. The molecule has 1 aromatic carbocycles. The highest BCUT2D eigenvalue weighted by Gasteiger charge is 2.07. The molecule has 5 heteroatoms. The molecule has 1 N–H and O–H groups in total. The number of hydrogen-bond donors (Lipinski definition) is 1. The van der Waals surface area contributed by atoms with Gasteiger partial charge in [-0.05, 0) is 32.9 Å². The molecule has 0 aliphatic carbocycles. The minimum Gasteiger partial charge on any atom is -0.492 e. The molecule has 0 spiro atoms. The molecular formula is C14H19N3O2. The lowest BCUT2D eigenvalue weighted by molar-refractivity contribution is 0.269. The highest BCUT2D eigenvalue weighted by molar-refractivity contribution is 5.26. The summed E-state index contributed by atoms with van der Waals surface area (Å²) < 4.78 is 10.3. The molecule has 0 aliphatic rings. The van der Waals surface area contributed by atoms with Crippen LogP contribution in [-0.4, -0.2) is 23.0 Å². The van der Waals surface area contributed by atoms with Gasteiger partial charge in [-0.3, -0.25) is 0 Å². The van der Waals surface area contributed by atoms with Crippen molar-refractivity contribution < 1.29 is 9.37 Å². The molecule has 5 nitrogen and oxygen atoms in total. The highest BCUT2D eigenvalue weighted by Crippen LogP contribution is 2.11. The van der Waals surface area contributed by atoms with Gasteiger partial charge in [0, 0.05) is 12.6 Å². The van der Waals surface area contributed by atoms with Gasteiger partial charge in [-0.2, -0.15) is 0 Å². The standard InChI is InChI=1S/C14H19N3O2/c1-10-4-6-13(7-5-10)18-9-11(2)15-8-14-12(3)16-19-17-14/h4-7,11,15H,8-9H2,1-3H3. The number of hydrogen-bond acceptors (Lipinski definition) is 5. The van der Waals surface area contributed by atoms with Crippen LogP contribution in [-0.2, 0) is 6.54 Å². The Balaban J connectivity index is 1.74. The quantitative estimate of drug-likeness (QED) is 0.864. The van der Waals surface area contributed by atoms with Crippen LogP contribution < -0.4 is 10.1 Å². The summed E-state index contributed by atoms with van der Waals surface area (Å²) in [6.45, 7) is 7.24. The molecular weight excluding hydrogens is 242 g/mol. The van der Waals surface area contributed by atoms with E-state index in [1.165, 1.54) is 5.56 Å². The molecule has 102 valence electrons. The van der Waals surface area contributed by atoms with Crippen molar-refractivity contribution in [3.8, 4) is 5.75 Å². The third kappa shape index (κ3) is 4.06. The molecule has 1 unspecified atom stereocenters. The number of rotatable bonds is 6. The van der Waals surface area contributed by atoms with Crippen LogP contribution in [0.1, 0.15) is 23.9 Å². The van der Waals surface area contributed by atoms with Crippen LogP contribution in [0.15, 0.2) is 28.9 Å². The fourth-order valence-electron chi connectivity index (χ4n) is 1.60. The van der Waals surface area contributed by atoms with E-state index in [1.807, 2.05) is 31.2 Å². The normalized spacial score (nSPS) is 12.4. The monoisotopic (exact) mass is 261 g/mol. The first-order chi connectivity index (χ1) is 9.15. The van der Waals surface area contributed by atoms with E-state index in [4.69, 9.17) is 4.74 Å². The number of ether oxygens (including phenoxy) is 1. The van der Waals surface area contributed by atoms with Gasteiger partial charge in [0.2, 0.25) is 0 Å². The zero-order chi connectivity index (χ0) is 13.7. The van der Waals surface area contributed by atoms with Gasteiger partial charge < -0.3 is 10.1 Å². The van der Waals surface area contributed by atoms with E-state index in [0.717, 1.165) is 17.1 Å². The smallest absolute Gasteiger partial charge is 0.121 e. The summed E-state index contributed by atoms with van der Waals surface area (Å²) in [7, 11) is 0. The Bertz CT molecular complexity index is 508. The Kier molecular flexibility index (Phi) is 4.52. The molecule has 0 saturated heterocycles. The number of aromatic nitrogens is 2. The molecule has 1 heterocycles. The van der Waals surface area contributed by atoms with Crippen molar-refractivity contribution in [1.29, 1.82) is 0 Å². The molecule has 2 aromatic rings. The Morgan fingerprint density at radius 1 is 1.21 bits per heavy atom. The first-order valence-corrected chi connectivity index (χ1v) is 6.36. The minimum absolute atomic E-state index is 0.220. The third-order valence-corrected chi connectivity index (χ3v) is 2.89. The summed E-state index contributed by atoms with van der Waals surface area (Å²) in [6, 6.07) is 8.26. The molecule has 1 atom stereocenters. The summed E-state index contributed by atoms with van der Waals surface area (Å²) >= 11 is 0. The average molecular weight is 261 g/mol. The van der Waals surface area contributed by atoms with Crippen molar-refractivity contribution in [2.75, 3.05) is 6.61 Å². The number of aryl methyl sites for hydroxylation is 2. The molecule has 0 bridgehead atoms. The Morgan fingerprint density at radius 2 is 1.95 bits per heavy atom. The minimum atomic E-state index is 0.220. The maximum Gasteiger partial charge on any atom is 0.121 e. The van der Waals surface area contributed by atoms with E-state index in [2.05, 4.69) is 34.1 Å². The van der Waals surface area contributed by atoms with Crippen molar-refractivity contribution >= 4 is 0 Å². The van der Waals surface area contributed by atoms with Crippen molar-refractivity contribution in [2.45, 2.75) is 33.4 Å². The summed E-state index contributed by atoms with van der Waals surface area (Å²) in [5, 5.41) is 10.9. The zero-order valence-corrected chi connectivity index (χ0v) is 11.5. The molecule has 19 heavy (non-hydrogen) atoms. The van der Waals surface area contributed by atoms with Crippen molar-refractivity contribution in [3.05, 3.63) is 41.2 Å².